The van der Waals surface area contributed by atoms with Crippen molar-refractivity contribution in [2.24, 2.45) is 0 Å². The van der Waals surface area contributed by atoms with Gasteiger partial charge >= 0.3 is 6.09 Å². The first-order chi connectivity index (χ1) is 9.83. The first-order valence-corrected chi connectivity index (χ1v) is 8.27. The largest absolute Gasteiger partial charge is 0.444 e. The average molecular weight is 298 g/mol. The molecular formula is C16H30N2O3. The number of alkyl carbamates (subject to hydrolysis) is 1. The lowest BCUT2D eigenvalue weighted by atomic mass is 9.92. The van der Waals surface area contributed by atoms with Crippen molar-refractivity contribution in [1.82, 2.24) is 10.6 Å². The van der Waals surface area contributed by atoms with E-state index in [2.05, 4.69) is 10.6 Å². The zero-order valence-corrected chi connectivity index (χ0v) is 13.5. The third-order valence-corrected chi connectivity index (χ3v) is 4.36. The Morgan fingerprint density at radius 3 is 2.29 bits per heavy atom. The third-order valence-electron chi connectivity index (χ3n) is 4.36. The number of rotatable bonds is 3. The SMILES string of the molecule is CC(C)(C)OC(=O)NC1CCCC1NC1CCC(O)CC1. The standard InChI is InChI=1S/C16H30N2O3/c1-16(2,3)21-15(20)18-14-6-4-5-13(14)17-11-7-9-12(19)10-8-11/h11-14,17,19H,4-10H2,1-3H3,(H,18,20). The van der Waals surface area contributed by atoms with E-state index in [4.69, 9.17) is 4.74 Å². The van der Waals surface area contributed by atoms with Gasteiger partial charge in [0.05, 0.1) is 6.10 Å². The molecule has 0 spiro atoms. The minimum atomic E-state index is -0.453. The molecule has 0 aromatic rings. The van der Waals surface area contributed by atoms with Crippen molar-refractivity contribution >= 4 is 6.09 Å². The monoisotopic (exact) mass is 298 g/mol. The fourth-order valence-corrected chi connectivity index (χ4v) is 3.34. The zero-order chi connectivity index (χ0) is 15.5. The van der Waals surface area contributed by atoms with Gasteiger partial charge in [0, 0.05) is 18.1 Å². The minimum absolute atomic E-state index is 0.123. The van der Waals surface area contributed by atoms with Gasteiger partial charge in [0.1, 0.15) is 5.60 Å². The molecule has 0 heterocycles. The molecule has 0 saturated heterocycles. The summed E-state index contributed by atoms with van der Waals surface area (Å²) in [7, 11) is 0. The number of nitrogens with one attached hydrogen (secondary N) is 2. The Kier molecular flexibility index (Phi) is 5.49. The molecule has 2 saturated carbocycles. The van der Waals surface area contributed by atoms with E-state index in [0.29, 0.717) is 12.1 Å². The molecule has 0 aromatic carbocycles. The molecule has 0 aromatic heterocycles. The Labute approximate surface area is 127 Å². The number of aliphatic hydroxyl groups is 1. The van der Waals surface area contributed by atoms with Gasteiger partial charge < -0.3 is 20.5 Å². The van der Waals surface area contributed by atoms with Gasteiger partial charge in [0.15, 0.2) is 0 Å². The van der Waals surface area contributed by atoms with Gasteiger partial charge in [-0.1, -0.05) is 0 Å². The van der Waals surface area contributed by atoms with E-state index in [1.54, 1.807) is 0 Å². The molecule has 1 amide bonds. The van der Waals surface area contributed by atoms with Crippen molar-refractivity contribution in [2.75, 3.05) is 0 Å². The number of amides is 1. The van der Waals surface area contributed by atoms with Crippen LogP contribution in [-0.4, -0.2) is 41.0 Å². The topological polar surface area (TPSA) is 70.6 Å². The second-order valence-electron chi connectivity index (χ2n) is 7.46. The molecule has 5 heteroatoms. The van der Waals surface area contributed by atoms with Gasteiger partial charge in [-0.3, -0.25) is 0 Å². The predicted octanol–water partition coefficient (Wildman–Crippen LogP) is 2.33. The molecule has 3 N–H and O–H groups in total. The van der Waals surface area contributed by atoms with E-state index in [1.807, 2.05) is 20.8 Å². The van der Waals surface area contributed by atoms with Gasteiger partial charge in [0.25, 0.3) is 0 Å². The van der Waals surface area contributed by atoms with Crippen LogP contribution in [0.4, 0.5) is 4.79 Å². The van der Waals surface area contributed by atoms with Crippen molar-refractivity contribution in [3.05, 3.63) is 0 Å². The summed E-state index contributed by atoms with van der Waals surface area (Å²) in [6.07, 6.45) is 6.61. The van der Waals surface area contributed by atoms with Gasteiger partial charge in [-0.2, -0.15) is 0 Å². The van der Waals surface area contributed by atoms with Crippen LogP contribution < -0.4 is 10.6 Å². The number of carbonyl (C=O) groups is 1. The highest BCUT2D eigenvalue weighted by atomic mass is 16.6. The first kappa shape index (κ1) is 16.6. The molecule has 2 fully saturated rings. The molecule has 0 radical (unpaired) electrons. The fourth-order valence-electron chi connectivity index (χ4n) is 3.34. The van der Waals surface area contributed by atoms with E-state index in [9.17, 15) is 9.90 Å². The van der Waals surface area contributed by atoms with Crippen LogP contribution in [-0.2, 0) is 4.74 Å². The Bertz CT molecular complexity index is 346. The Balaban J connectivity index is 1.79. The van der Waals surface area contributed by atoms with E-state index in [-0.39, 0.29) is 18.2 Å². The van der Waals surface area contributed by atoms with Gasteiger partial charge in [-0.25, -0.2) is 4.79 Å². The van der Waals surface area contributed by atoms with Crippen molar-refractivity contribution < 1.29 is 14.6 Å². The van der Waals surface area contributed by atoms with Crippen molar-refractivity contribution in [1.29, 1.82) is 0 Å². The van der Waals surface area contributed by atoms with Gasteiger partial charge in [0.2, 0.25) is 0 Å². The second kappa shape index (κ2) is 6.97. The fraction of sp³-hybridized carbons (Fsp3) is 0.938. The van der Waals surface area contributed by atoms with Crippen LogP contribution in [0.3, 0.4) is 0 Å². The molecule has 2 rings (SSSR count). The maximum Gasteiger partial charge on any atom is 0.407 e. The van der Waals surface area contributed by atoms with Crippen LogP contribution in [0.5, 0.6) is 0 Å². The van der Waals surface area contributed by atoms with Crippen molar-refractivity contribution in [3.63, 3.8) is 0 Å². The van der Waals surface area contributed by atoms with E-state index in [1.165, 1.54) is 0 Å². The summed E-state index contributed by atoms with van der Waals surface area (Å²) in [6.45, 7) is 5.64. The van der Waals surface area contributed by atoms with Gasteiger partial charge in [-0.05, 0) is 65.7 Å². The van der Waals surface area contributed by atoms with E-state index >= 15 is 0 Å². The summed E-state index contributed by atoms with van der Waals surface area (Å²) in [5.74, 6) is 0. The lowest BCUT2D eigenvalue weighted by Crippen LogP contribution is -2.51. The van der Waals surface area contributed by atoms with Crippen LogP contribution in [0.2, 0.25) is 0 Å². The van der Waals surface area contributed by atoms with Crippen molar-refractivity contribution in [3.8, 4) is 0 Å². The molecule has 5 nitrogen and oxygen atoms in total. The lowest BCUT2D eigenvalue weighted by molar-refractivity contribution is 0.0494. The number of hydrogen-bond donors (Lipinski definition) is 3. The Morgan fingerprint density at radius 1 is 1.05 bits per heavy atom. The van der Waals surface area contributed by atoms with Crippen LogP contribution in [0.25, 0.3) is 0 Å². The molecule has 2 unspecified atom stereocenters. The molecule has 0 bridgehead atoms. The normalized spacial score (nSPS) is 33.7. The number of aliphatic hydroxyl groups excluding tert-OH is 1. The zero-order valence-electron chi connectivity index (χ0n) is 13.5. The third kappa shape index (κ3) is 5.47. The van der Waals surface area contributed by atoms with Crippen LogP contribution >= 0.6 is 0 Å². The highest BCUT2D eigenvalue weighted by Crippen LogP contribution is 2.24. The molecular weight excluding hydrogens is 268 g/mol. The molecule has 0 aliphatic heterocycles. The lowest BCUT2D eigenvalue weighted by Gasteiger charge is -2.32. The first-order valence-electron chi connectivity index (χ1n) is 8.27. The second-order valence-corrected chi connectivity index (χ2v) is 7.46. The highest BCUT2D eigenvalue weighted by molar-refractivity contribution is 5.68. The molecule has 2 aliphatic rings. The number of hydrogen-bond acceptors (Lipinski definition) is 4. The molecule has 2 aliphatic carbocycles. The number of ether oxygens (including phenoxy) is 1. The predicted molar refractivity (Wildman–Crippen MR) is 82.2 cm³/mol. The maximum absolute atomic E-state index is 11.9. The summed E-state index contributed by atoms with van der Waals surface area (Å²) in [5, 5.41) is 16.3. The van der Waals surface area contributed by atoms with Crippen LogP contribution in [0.1, 0.15) is 65.7 Å². The smallest absolute Gasteiger partial charge is 0.407 e. The van der Waals surface area contributed by atoms with Gasteiger partial charge in [-0.15, -0.1) is 0 Å². The summed E-state index contributed by atoms with van der Waals surface area (Å²) in [6, 6.07) is 0.962. The molecule has 21 heavy (non-hydrogen) atoms. The summed E-state index contributed by atoms with van der Waals surface area (Å²) in [5.41, 5.74) is -0.453. The van der Waals surface area contributed by atoms with Crippen molar-refractivity contribution in [2.45, 2.75) is 95.5 Å². The summed E-state index contributed by atoms with van der Waals surface area (Å²) >= 11 is 0. The van der Waals surface area contributed by atoms with E-state index < -0.39 is 5.60 Å². The maximum atomic E-state index is 11.9. The average Bonchev–Trinajstić information content (AvgIpc) is 2.77. The summed E-state index contributed by atoms with van der Waals surface area (Å²) < 4.78 is 5.34. The number of carbonyl (C=O) groups excluding carboxylic acids is 1. The van der Waals surface area contributed by atoms with E-state index in [0.717, 1.165) is 44.9 Å². The minimum Gasteiger partial charge on any atom is -0.444 e. The molecule has 2 atom stereocenters. The summed E-state index contributed by atoms with van der Waals surface area (Å²) in [4.78, 5) is 11.9. The highest BCUT2D eigenvalue weighted by Gasteiger charge is 2.32. The van der Waals surface area contributed by atoms with Crippen LogP contribution in [0, 0.1) is 0 Å². The quantitative estimate of drug-likeness (QED) is 0.748. The Morgan fingerprint density at radius 2 is 1.67 bits per heavy atom. The Hall–Kier alpha value is -0.810. The van der Waals surface area contributed by atoms with Crippen LogP contribution in [0.15, 0.2) is 0 Å². The molecule has 122 valence electrons.